The second kappa shape index (κ2) is 6.34. The summed E-state index contributed by atoms with van der Waals surface area (Å²) in [5, 5.41) is 9.89. The van der Waals surface area contributed by atoms with Gasteiger partial charge in [-0.05, 0) is 44.4 Å². The van der Waals surface area contributed by atoms with Crippen LogP contribution in [0, 0.1) is 13.8 Å². The normalized spacial score (nSPS) is 12.1. The summed E-state index contributed by atoms with van der Waals surface area (Å²) < 4.78 is 11.0. The van der Waals surface area contributed by atoms with Crippen molar-refractivity contribution in [2.24, 2.45) is 0 Å². The number of hydrogen-bond donors (Lipinski definition) is 0. The first-order valence-electron chi connectivity index (χ1n) is 7.19. The molecule has 23 heavy (non-hydrogen) atoms. The molecule has 2 heterocycles. The highest BCUT2D eigenvalue weighted by Crippen LogP contribution is 2.26. The van der Waals surface area contributed by atoms with Gasteiger partial charge < -0.3 is 9.15 Å². The van der Waals surface area contributed by atoms with Gasteiger partial charge in [0.1, 0.15) is 0 Å². The van der Waals surface area contributed by atoms with Crippen molar-refractivity contribution in [2.75, 3.05) is 0 Å². The van der Waals surface area contributed by atoms with Crippen LogP contribution in [0.25, 0.3) is 10.8 Å². The lowest BCUT2D eigenvalue weighted by molar-refractivity contribution is 0.0279. The number of carbonyl (C=O) groups excluding carboxylic acids is 1. The van der Waals surface area contributed by atoms with Crippen molar-refractivity contribution in [3.05, 3.63) is 58.3 Å². The highest BCUT2D eigenvalue weighted by atomic mass is 32.1. The Bertz CT molecular complexity index is 804. The molecule has 118 valence electrons. The maximum Gasteiger partial charge on any atom is 0.338 e. The number of nitrogens with zero attached hydrogens (tertiary/aromatic N) is 2. The molecule has 0 fully saturated rings. The number of rotatable bonds is 4. The largest absolute Gasteiger partial charge is 0.449 e. The molecule has 0 saturated heterocycles. The highest BCUT2D eigenvalue weighted by molar-refractivity contribution is 7.13. The smallest absolute Gasteiger partial charge is 0.338 e. The third-order valence-electron chi connectivity index (χ3n) is 3.26. The molecule has 1 aromatic carbocycles. The van der Waals surface area contributed by atoms with E-state index in [4.69, 9.17) is 9.15 Å². The molecular formula is C17H16N2O3S. The van der Waals surface area contributed by atoms with Crippen LogP contribution in [-0.4, -0.2) is 16.2 Å². The van der Waals surface area contributed by atoms with Crippen LogP contribution in [-0.2, 0) is 4.74 Å². The standard InChI is InChI=1S/C17H16N2O3S/c1-10-7-11(2)9-13(8-10)17(20)21-12(3)15-18-19-16(22-15)14-5-4-6-23-14/h4-9,12H,1-3H3/t12-/m1/s1. The van der Waals surface area contributed by atoms with E-state index >= 15 is 0 Å². The quantitative estimate of drug-likeness (QED) is 0.667. The molecule has 0 aliphatic heterocycles. The van der Waals surface area contributed by atoms with Crippen molar-refractivity contribution in [1.29, 1.82) is 0 Å². The molecule has 6 heteroatoms. The van der Waals surface area contributed by atoms with Gasteiger partial charge in [0.2, 0.25) is 0 Å². The van der Waals surface area contributed by atoms with Crippen molar-refractivity contribution in [1.82, 2.24) is 10.2 Å². The van der Waals surface area contributed by atoms with Crippen LogP contribution >= 0.6 is 11.3 Å². The third kappa shape index (κ3) is 3.48. The second-order valence-electron chi connectivity index (χ2n) is 5.35. The van der Waals surface area contributed by atoms with Gasteiger partial charge in [0.25, 0.3) is 11.8 Å². The van der Waals surface area contributed by atoms with E-state index in [-0.39, 0.29) is 5.89 Å². The van der Waals surface area contributed by atoms with Gasteiger partial charge in [-0.3, -0.25) is 0 Å². The predicted octanol–water partition coefficient (Wildman–Crippen LogP) is 4.33. The number of ether oxygens (including phenoxy) is 1. The van der Waals surface area contributed by atoms with Gasteiger partial charge in [-0.15, -0.1) is 21.5 Å². The maximum absolute atomic E-state index is 12.3. The van der Waals surface area contributed by atoms with Gasteiger partial charge in [-0.2, -0.15) is 0 Å². The molecule has 0 aliphatic rings. The van der Waals surface area contributed by atoms with Crippen LogP contribution < -0.4 is 0 Å². The number of carbonyl (C=O) groups is 1. The molecule has 0 unspecified atom stereocenters. The number of hydrogen-bond acceptors (Lipinski definition) is 6. The maximum atomic E-state index is 12.3. The fraction of sp³-hybridized carbons (Fsp3) is 0.235. The Morgan fingerprint density at radius 3 is 2.61 bits per heavy atom. The minimum Gasteiger partial charge on any atom is -0.449 e. The van der Waals surface area contributed by atoms with Crippen LogP contribution in [0.15, 0.2) is 40.1 Å². The summed E-state index contributed by atoms with van der Waals surface area (Å²) in [6, 6.07) is 9.41. The minimum absolute atomic E-state index is 0.283. The van der Waals surface area contributed by atoms with E-state index in [0.29, 0.717) is 11.5 Å². The van der Waals surface area contributed by atoms with E-state index in [1.807, 2.05) is 37.4 Å². The molecule has 0 bridgehead atoms. The fourth-order valence-corrected chi connectivity index (χ4v) is 2.91. The van der Waals surface area contributed by atoms with E-state index in [9.17, 15) is 4.79 Å². The molecule has 3 rings (SSSR count). The molecule has 1 atom stereocenters. The van der Waals surface area contributed by atoms with Gasteiger partial charge in [0.05, 0.1) is 10.4 Å². The Hall–Kier alpha value is -2.47. The summed E-state index contributed by atoms with van der Waals surface area (Å²) in [6.45, 7) is 5.60. The topological polar surface area (TPSA) is 65.2 Å². The van der Waals surface area contributed by atoms with Crippen molar-refractivity contribution in [2.45, 2.75) is 26.9 Å². The molecule has 5 nitrogen and oxygen atoms in total. The third-order valence-corrected chi connectivity index (χ3v) is 4.12. The SMILES string of the molecule is Cc1cc(C)cc(C(=O)O[C@H](C)c2nnc(-c3cccs3)o2)c1. The molecule has 0 amide bonds. The molecule has 0 radical (unpaired) electrons. The van der Waals surface area contributed by atoms with E-state index in [1.165, 1.54) is 11.3 Å². The number of benzene rings is 1. The Balaban J connectivity index is 1.73. The lowest BCUT2D eigenvalue weighted by atomic mass is 10.1. The van der Waals surface area contributed by atoms with Gasteiger partial charge >= 0.3 is 5.97 Å². The van der Waals surface area contributed by atoms with Crippen LogP contribution in [0.1, 0.15) is 40.4 Å². The molecule has 0 saturated carbocycles. The van der Waals surface area contributed by atoms with E-state index in [2.05, 4.69) is 10.2 Å². The average molecular weight is 328 g/mol. The average Bonchev–Trinajstić information content (AvgIpc) is 3.17. The Kier molecular flexibility index (Phi) is 4.25. The highest BCUT2D eigenvalue weighted by Gasteiger charge is 2.20. The fourth-order valence-electron chi connectivity index (χ4n) is 2.27. The zero-order valence-corrected chi connectivity index (χ0v) is 13.9. The molecule has 0 N–H and O–H groups in total. The first-order valence-corrected chi connectivity index (χ1v) is 8.07. The molecule has 0 spiro atoms. The monoisotopic (exact) mass is 328 g/mol. The lowest BCUT2D eigenvalue weighted by Crippen LogP contribution is -2.10. The Morgan fingerprint density at radius 2 is 1.96 bits per heavy atom. The van der Waals surface area contributed by atoms with Gasteiger partial charge in [0.15, 0.2) is 6.10 Å². The van der Waals surface area contributed by atoms with Crippen LogP contribution in [0.4, 0.5) is 0 Å². The minimum atomic E-state index is -0.607. The predicted molar refractivity (Wildman–Crippen MR) is 87.4 cm³/mol. The van der Waals surface area contributed by atoms with Crippen LogP contribution in [0.5, 0.6) is 0 Å². The van der Waals surface area contributed by atoms with E-state index in [0.717, 1.165) is 16.0 Å². The van der Waals surface area contributed by atoms with Gasteiger partial charge in [-0.1, -0.05) is 23.3 Å². The second-order valence-corrected chi connectivity index (χ2v) is 6.29. The summed E-state index contributed by atoms with van der Waals surface area (Å²) in [4.78, 5) is 13.1. The molecule has 0 aliphatic carbocycles. The van der Waals surface area contributed by atoms with Crippen LogP contribution in [0.2, 0.25) is 0 Å². The van der Waals surface area contributed by atoms with Crippen molar-refractivity contribution < 1.29 is 13.9 Å². The molecular weight excluding hydrogens is 312 g/mol. The molecule has 2 aromatic heterocycles. The number of esters is 1. The number of aromatic nitrogens is 2. The lowest BCUT2D eigenvalue weighted by Gasteiger charge is -2.10. The van der Waals surface area contributed by atoms with Crippen LogP contribution in [0.3, 0.4) is 0 Å². The number of thiophene rings is 1. The number of aryl methyl sites for hydroxylation is 2. The summed E-state index contributed by atoms with van der Waals surface area (Å²) in [7, 11) is 0. The summed E-state index contributed by atoms with van der Waals surface area (Å²) in [6.07, 6.45) is -0.607. The van der Waals surface area contributed by atoms with Crippen molar-refractivity contribution in [3.8, 4) is 10.8 Å². The summed E-state index contributed by atoms with van der Waals surface area (Å²) in [5.41, 5.74) is 2.55. The zero-order valence-electron chi connectivity index (χ0n) is 13.1. The first kappa shape index (κ1) is 15.4. The molecule has 3 aromatic rings. The first-order chi connectivity index (χ1) is 11.0. The summed E-state index contributed by atoms with van der Waals surface area (Å²) in [5.74, 6) is 0.315. The van der Waals surface area contributed by atoms with Crippen molar-refractivity contribution in [3.63, 3.8) is 0 Å². The Morgan fingerprint density at radius 1 is 1.22 bits per heavy atom. The van der Waals surface area contributed by atoms with E-state index < -0.39 is 12.1 Å². The van der Waals surface area contributed by atoms with E-state index in [1.54, 1.807) is 19.1 Å². The van der Waals surface area contributed by atoms with Crippen molar-refractivity contribution >= 4 is 17.3 Å². The van der Waals surface area contributed by atoms with Gasteiger partial charge in [-0.25, -0.2) is 4.79 Å². The summed E-state index contributed by atoms with van der Waals surface area (Å²) >= 11 is 1.51. The zero-order chi connectivity index (χ0) is 16.4. The Labute approximate surface area is 137 Å². The van der Waals surface area contributed by atoms with Gasteiger partial charge in [0, 0.05) is 0 Å².